The minimum absolute atomic E-state index is 0.0945. The number of rotatable bonds is 9. The molecule has 0 atom stereocenters. The van der Waals surface area contributed by atoms with Crippen LogP contribution in [0.15, 0.2) is 59.5 Å². The number of carbonyl (C=O) groups is 1. The number of nitrogens with zero attached hydrogens (tertiary/aromatic N) is 3. The summed E-state index contributed by atoms with van der Waals surface area (Å²) in [6.45, 7) is 7.53. The minimum Gasteiger partial charge on any atom is -0.457 e. The van der Waals surface area contributed by atoms with E-state index in [0.717, 1.165) is 5.75 Å². The Morgan fingerprint density at radius 1 is 1.00 bits per heavy atom. The van der Waals surface area contributed by atoms with E-state index in [1.807, 2.05) is 30.3 Å². The van der Waals surface area contributed by atoms with Crippen molar-refractivity contribution in [3.05, 3.63) is 66.0 Å². The van der Waals surface area contributed by atoms with E-state index in [-0.39, 0.29) is 17.3 Å². The first-order chi connectivity index (χ1) is 15.3. The molecule has 0 radical (unpaired) electrons. The van der Waals surface area contributed by atoms with Gasteiger partial charge in [0.05, 0.1) is 11.4 Å². The molecule has 0 aliphatic rings. The van der Waals surface area contributed by atoms with Gasteiger partial charge in [-0.25, -0.2) is 8.42 Å². The smallest absolute Gasteiger partial charge is 0.246 e. The fourth-order valence-electron chi connectivity index (χ4n) is 3.47. The Bertz CT molecular complexity index is 1170. The zero-order valence-electron chi connectivity index (χ0n) is 18.7. The molecule has 1 amide bonds. The van der Waals surface area contributed by atoms with E-state index < -0.39 is 10.0 Å². The number of aromatic nitrogens is 2. The maximum Gasteiger partial charge on any atom is 0.246 e. The van der Waals surface area contributed by atoms with Crippen LogP contribution in [0.3, 0.4) is 0 Å². The number of carbonyl (C=O) groups excluding carboxylic acids is 1. The predicted molar refractivity (Wildman–Crippen MR) is 123 cm³/mol. The second-order valence-electron chi connectivity index (χ2n) is 7.23. The van der Waals surface area contributed by atoms with Gasteiger partial charge in [0.1, 0.15) is 22.9 Å². The summed E-state index contributed by atoms with van der Waals surface area (Å²) in [6.07, 6.45) is 0. The zero-order chi connectivity index (χ0) is 23.3. The molecule has 32 heavy (non-hydrogen) atoms. The Labute approximate surface area is 188 Å². The van der Waals surface area contributed by atoms with Gasteiger partial charge in [-0.1, -0.05) is 32.0 Å². The molecule has 3 aromatic rings. The van der Waals surface area contributed by atoms with E-state index in [2.05, 4.69) is 10.4 Å². The number of nitrogens with one attached hydrogen (secondary N) is 1. The summed E-state index contributed by atoms with van der Waals surface area (Å²) in [5.74, 6) is 1.07. The average molecular weight is 457 g/mol. The number of amides is 1. The number of aryl methyl sites for hydroxylation is 1. The molecule has 0 aliphatic carbocycles. The van der Waals surface area contributed by atoms with Gasteiger partial charge in [-0.05, 0) is 50.2 Å². The SMILES string of the molecule is CCN(CC)S(=O)(=O)c1c(C)nn(CC(=O)Nc2ccc(Oc3ccccc3)cc2)c1C. The van der Waals surface area contributed by atoms with Gasteiger partial charge in [0.15, 0.2) is 0 Å². The number of hydrogen-bond donors (Lipinski definition) is 1. The lowest BCUT2D eigenvalue weighted by Crippen LogP contribution is -2.31. The summed E-state index contributed by atoms with van der Waals surface area (Å²) in [4.78, 5) is 12.7. The largest absolute Gasteiger partial charge is 0.457 e. The van der Waals surface area contributed by atoms with Crippen LogP contribution in [0.5, 0.6) is 11.5 Å². The molecule has 0 bridgehead atoms. The van der Waals surface area contributed by atoms with E-state index in [9.17, 15) is 13.2 Å². The van der Waals surface area contributed by atoms with Gasteiger partial charge in [0.2, 0.25) is 15.9 Å². The van der Waals surface area contributed by atoms with Crippen LogP contribution in [0.4, 0.5) is 5.69 Å². The molecule has 1 aromatic heterocycles. The van der Waals surface area contributed by atoms with Crippen LogP contribution in [0.2, 0.25) is 0 Å². The Balaban J connectivity index is 1.69. The number of ether oxygens (including phenoxy) is 1. The average Bonchev–Trinajstić information content (AvgIpc) is 3.04. The number of hydrogen-bond acceptors (Lipinski definition) is 5. The zero-order valence-corrected chi connectivity index (χ0v) is 19.5. The molecule has 1 N–H and O–H groups in total. The molecule has 0 spiro atoms. The monoisotopic (exact) mass is 456 g/mol. The molecule has 170 valence electrons. The van der Waals surface area contributed by atoms with Crippen LogP contribution in [0, 0.1) is 13.8 Å². The van der Waals surface area contributed by atoms with Crippen molar-refractivity contribution in [1.82, 2.24) is 14.1 Å². The molecule has 2 aromatic carbocycles. The van der Waals surface area contributed by atoms with Crippen LogP contribution in [-0.2, 0) is 21.4 Å². The lowest BCUT2D eigenvalue weighted by Gasteiger charge is -2.18. The van der Waals surface area contributed by atoms with Crippen molar-refractivity contribution in [2.45, 2.75) is 39.1 Å². The summed E-state index contributed by atoms with van der Waals surface area (Å²) in [5, 5.41) is 7.11. The van der Waals surface area contributed by atoms with Gasteiger partial charge in [0, 0.05) is 18.8 Å². The summed E-state index contributed by atoms with van der Waals surface area (Å²) in [5.41, 5.74) is 1.42. The standard InChI is InChI=1S/C23H28N4O4S/c1-5-26(6-2)32(29,30)23-17(3)25-27(18(23)4)16-22(28)24-19-12-14-21(15-13-19)31-20-10-8-7-9-11-20/h7-15H,5-6,16H2,1-4H3,(H,24,28). The van der Waals surface area contributed by atoms with Gasteiger partial charge in [-0.3, -0.25) is 9.48 Å². The maximum absolute atomic E-state index is 12.9. The first-order valence-electron chi connectivity index (χ1n) is 10.4. The van der Waals surface area contributed by atoms with Gasteiger partial charge in [-0.15, -0.1) is 0 Å². The normalized spacial score (nSPS) is 11.5. The molecule has 0 unspecified atom stereocenters. The Morgan fingerprint density at radius 2 is 1.59 bits per heavy atom. The van der Waals surface area contributed by atoms with Gasteiger partial charge < -0.3 is 10.1 Å². The number of benzene rings is 2. The molecule has 3 rings (SSSR count). The van der Waals surface area contributed by atoms with E-state index in [1.54, 1.807) is 52.0 Å². The highest BCUT2D eigenvalue weighted by molar-refractivity contribution is 7.89. The van der Waals surface area contributed by atoms with Crippen LogP contribution >= 0.6 is 0 Å². The summed E-state index contributed by atoms with van der Waals surface area (Å²) in [6, 6.07) is 16.4. The highest BCUT2D eigenvalue weighted by atomic mass is 32.2. The van der Waals surface area contributed by atoms with Crippen molar-refractivity contribution in [3.8, 4) is 11.5 Å². The van der Waals surface area contributed by atoms with Crippen LogP contribution < -0.4 is 10.1 Å². The number of sulfonamides is 1. The van der Waals surface area contributed by atoms with Crippen molar-refractivity contribution in [2.75, 3.05) is 18.4 Å². The van der Waals surface area contributed by atoms with Crippen LogP contribution in [0.1, 0.15) is 25.2 Å². The van der Waals surface area contributed by atoms with E-state index >= 15 is 0 Å². The molecule has 0 fully saturated rings. The van der Waals surface area contributed by atoms with E-state index in [4.69, 9.17) is 4.74 Å². The number of para-hydroxylation sites is 1. The van der Waals surface area contributed by atoms with Crippen molar-refractivity contribution >= 4 is 21.6 Å². The quantitative estimate of drug-likeness (QED) is 0.526. The lowest BCUT2D eigenvalue weighted by atomic mass is 10.3. The second-order valence-corrected chi connectivity index (χ2v) is 9.11. The van der Waals surface area contributed by atoms with Crippen molar-refractivity contribution in [2.24, 2.45) is 0 Å². The molecule has 0 aliphatic heterocycles. The fourth-order valence-corrected chi connectivity index (χ4v) is 5.30. The molecular weight excluding hydrogens is 428 g/mol. The van der Waals surface area contributed by atoms with Crippen molar-refractivity contribution in [1.29, 1.82) is 0 Å². The molecule has 1 heterocycles. The predicted octanol–water partition coefficient (Wildman–Crippen LogP) is 3.96. The second kappa shape index (κ2) is 9.97. The third-order valence-corrected chi connectivity index (χ3v) is 7.33. The molecule has 9 heteroatoms. The Kier molecular flexibility index (Phi) is 7.32. The Hall–Kier alpha value is -3.17. The van der Waals surface area contributed by atoms with Crippen molar-refractivity contribution in [3.63, 3.8) is 0 Å². The summed E-state index contributed by atoms with van der Waals surface area (Å²) in [7, 11) is -3.66. The molecule has 0 saturated heterocycles. The first-order valence-corrected chi connectivity index (χ1v) is 11.9. The molecular formula is C23H28N4O4S. The third-order valence-electron chi connectivity index (χ3n) is 5.03. The van der Waals surface area contributed by atoms with Gasteiger partial charge in [-0.2, -0.15) is 9.40 Å². The van der Waals surface area contributed by atoms with Gasteiger partial charge in [0.25, 0.3) is 0 Å². The highest BCUT2D eigenvalue weighted by Gasteiger charge is 2.29. The molecule has 0 saturated carbocycles. The maximum atomic E-state index is 12.9. The lowest BCUT2D eigenvalue weighted by molar-refractivity contribution is -0.116. The summed E-state index contributed by atoms with van der Waals surface area (Å²) < 4.78 is 34.5. The van der Waals surface area contributed by atoms with Crippen molar-refractivity contribution < 1.29 is 17.9 Å². The highest BCUT2D eigenvalue weighted by Crippen LogP contribution is 2.24. The third kappa shape index (κ3) is 5.17. The van der Waals surface area contributed by atoms with E-state index in [1.165, 1.54) is 8.99 Å². The number of anilines is 1. The minimum atomic E-state index is -3.66. The topological polar surface area (TPSA) is 93.5 Å². The fraction of sp³-hybridized carbons (Fsp3) is 0.304. The molecule has 8 nitrogen and oxygen atoms in total. The van der Waals surface area contributed by atoms with Gasteiger partial charge >= 0.3 is 0 Å². The van der Waals surface area contributed by atoms with Crippen LogP contribution in [-0.4, -0.2) is 41.5 Å². The first kappa shape index (κ1) is 23.5. The van der Waals surface area contributed by atoms with E-state index in [0.29, 0.717) is 35.9 Å². The summed E-state index contributed by atoms with van der Waals surface area (Å²) >= 11 is 0. The van der Waals surface area contributed by atoms with Crippen LogP contribution in [0.25, 0.3) is 0 Å². The Morgan fingerprint density at radius 3 is 2.19 bits per heavy atom.